The number of alkyl halides is 1. The van der Waals surface area contributed by atoms with Crippen LogP contribution in [-0.2, 0) is 13.9 Å². The number of morpholine rings is 1. The van der Waals surface area contributed by atoms with Crippen LogP contribution in [0, 0.1) is 5.92 Å². The molecule has 0 saturated carbocycles. The molecule has 1 aliphatic carbocycles. The van der Waals surface area contributed by atoms with Crippen LogP contribution in [0.1, 0.15) is 52.9 Å². The SMILES string of the molecule is CN1CCOC2CC([C@@H]3CC[C@@H]4CC(OCC(CF)O[Si](C)(C)C(C)(C)C)=CCC4N3)=CNC21. The van der Waals surface area contributed by atoms with Gasteiger partial charge >= 0.3 is 0 Å². The van der Waals surface area contributed by atoms with Crippen LogP contribution in [0.2, 0.25) is 18.1 Å². The quantitative estimate of drug-likeness (QED) is 0.514. The van der Waals surface area contributed by atoms with Crippen molar-refractivity contribution in [1.82, 2.24) is 15.5 Å². The van der Waals surface area contributed by atoms with Gasteiger partial charge in [-0.05, 0) is 68.2 Å². The van der Waals surface area contributed by atoms with Gasteiger partial charge in [-0.2, -0.15) is 0 Å². The van der Waals surface area contributed by atoms with Crippen LogP contribution in [0.15, 0.2) is 23.6 Å². The molecule has 3 heterocycles. The molecule has 0 radical (unpaired) electrons. The summed E-state index contributed by atoms with van der Waals surface area (Å²) in [6.07, 6.45) is 9.70. The summed E-state index contributed by atoms with van der Waals surface area (Å²) in [6.45, 7) is 12.5. The average molecular weight is 496 g/mol. The van der Waals surface area contributed by atoms with Gasteiger partial charge in [0.2, 0.25) is 0 Å². The van der Waals surface area contributed by atoms with Crippen LogP contribution in [0.3, 0.4) is 0 Å². The van der Waals surface area contributed by atoms with Crippen LogP contribution in [-0.4, -0.2) is 77.2 Å². The first kappa shape index (κ1) is 26.1. The number of likely N-dealkylation sites (N-methyl/N-ethyl adjacent to an activating group) is 1. The maximum Gasteiger partial charge on any atom is 0.192 e. The molecule has 2 N–H and O–H groups in total. The molecule has 4 unspecified atom stereocenters. The van der Waals surface area contributed by atoms with Gasteiger partial charge in [0.1, 0.15) is 25.6 Å². The Balaban J connectivity index is 1.28. The minimum Gasteiger partial charge on any atom is -0.496 e. The second-order valence-electron chi connectivity index (χ2n) is 12.2. The first-order chi connectivity index (χ1) is 16.1. The standard InChI is InChI=1S/C26H46FN3O3Si/c1-26(2,3)34(5,6)33-21(15-27)17-32-20-8-10-22-18(13-20)7-9-23(29-22)19-14-24-25(28-16-19)30(4)11-12-31-24/h8,16,18,21-25,28-29H,7,9-15,17H2,1-6H3/t18-,21?,22?,23+,24?,25?/m1/s1. The van der Waals surface area contributed by atoms with E-state index in [1.807, 2.05) is 0 Å². The van der Waals surface area contributed by atoms with Crippen molar-refractivity contribution in [3.05, 3.63) is 23.6 Å². The summed E-state index contributed by atoms with van der Waals surface area (Å²) in [7, 11) is 0.151. The summed E-state index contributed by atoms with van der Waals surface area (Å²) in [5, 5.41) is 7.56. The van der Waals surface area contributed by atoms with Crippen molar-refractivity contribution in [3.63, 3.8) is 0 Å². The maximum absolute atomic E-state index is 13.7. The lowest BCUT2D eigenvalue weighted by Crippen LogP contribution is -2.59. The highest BCUT2D eigenvalue weighted by molar-refractivity contribution is 6.74. The van der Waals surface area contributed by atoms with Gasteiger partial charge in [0, 0.05) is 31.5 Å². The molecule has 2 saturated heterocycles. The van der Waals surface area contributed by atoms with Gasteiger partial charge in [-0.3, -0.25) is 4.90 Å². The van der Waals surface area contributed by atoms with E-state index in [-0.39, 0.29) is 11.1 Å². The third kappa shape index (κ3) is 5.89. The molecular formula is C26H46FN3O3Si. The summed E-state index contributed by atoms with van der Waals surface area (Å²) in [4.78, 5) is 2.35. The van der Waals surface area contributed by atoms with E-state index in [1.54, 1.807) is 0 Å². The zero-order valence-corrected chi connectivity index (χ0v) is 23.0. The second kappa shape index (κ2) is 10.6. The number of ether oxygens (including phenoxy) is 2. The Morgan fingerprint density at radius 3 is 2.79 bits per heavy atom. The average Bonchev–Trinajstić information content (AvgIpc) is 2.80. The van der Waals surface area contributed by atoms with Gasteiger partial charge in [0.05, 0.1) is 18.5 Å². The molecular weight excluding hydrogens is 449 g/mol. The maximum atomic E-state index is 13.7. The molecule has 0 aromatic rings. The Bertz CT molecular complexity index is 769. The molecule has 0 aromatic heterocycles. The highest BCUT2D eigenvalue weighted by Crippen LogP contribution is 2.38. The van der Waals surface area contributed by atoms with Gasteiger partial charge in [-0.25, -0.2) is 4.39 Å². The first-order valence-electron chi connectivity index (χ1n) is 13.2. The van der Waals surface area contributed by atoms with Gasteiger partial charge in [-0.1, -0.05) is 20.8 Å². The fraction of sp³-hybridized carbons (Fsp3) is 0.846. The number of hydrogen-bond donors (Lipinski definition) is 2. The van der Waals surface area contributed by atoms with Crippen molar-refractivity contribution in [3.8, 4) is 0 Å². The number of nitrogens with zero attached hydrogens (tertiary/aromatic N) is 1. The van der Waals surface area contributed by atoms with Crippen LogP contribution in [0.25, 0.3) is 0 Å². The third-order valence-electron chi connectivity index (χ3n) is 8.69. The fourth-order valence-electron chi connectivity index (χ4n) is 5.47. The molecule has 8 heteroatoms. The lowest BCUT2D eigenvalue weighted by Gasteiger charge is -2.45. The van der Waals surface area contributed by atoms with E-state index in [0.29, 0.717) is 30.8 Å². The molecule has 4 aliphatic rings. The minimum absolute atomic E-state index is 0.0608. The van der Waals surface area contributed by atoms with E-state index in [1.165, 1.54) is 12.0 Å². The molecule has 6 nitrogen and oxygen atoms in total. The van der Waals surface area contributed by atoms with Crippen LogP contribution < -0.4 is 10.6 Å². The number of nitrogens with one attached hydrogen (secondary N) is 2. The number of hydrogen-bond acceptors (Lipinski definition) is 6. The van der Waals surface area contributed by atoms with E-state index >= 15 is 0 Å². The lowest BCUT2D eigenvalue weighted by atomic mass is 9.78. The Morgan fingerprint density at radius 1 is 1.26 bits per heavy atom. The van der Waals surface area contributed by atoms with E-state index in [9.17, 15) is 4.39 Å². The van der Waals surface area contributed by atoms with Gasteiger partial charge in [-0.15, -0.1) is 0 Å². The fourth-order valence-corrected chi connectivity index (χ4v) is 6.79. The summed E-state index contributed by atoms with van der Waals surface area (Å²) < 4.78 is 32.1. The predicted octanol–water partition coefficient (Wildman–Crippen LogP) is 4.31. The molecule has 4 rings (SSSR count). The summed E-state index contributed by atoms with van der Waals surface area (Å²) in [6, 6.07) is 0.885. The van der Waals surface area contributed by atoms with Crippen molar-refractivity contribution in [1.29, 1.82) is 0 Å². The van der Waals surface area contributed by atoms with Gasteiger partial charge in [0.25, 0.3) is 0 Å². The molecule has 34 heavy (non-hydrogen) atoms. The second-order valence-corrected chi connectivity index (χ2v) is 16.9. The molecule has 0 bridgehead atoms. The Labute approximate surface area is 206 Å². The van der Waals surface area contributed by atoms with Crippen molar-refractivity contribution >= 4 is 8.32 Å². The normalized spacial score (nSPS) is 33.7. The van der Waals surface area contributed by atoms with E-state index in [4.69, 9.17) is 13.9 Å². The van der Waals surface area contributed by atoms with Crippen molar-refractivity contribution in [2.45, 2.75) is 101 Å². The summed E-state index contributed by atoms with van der Waals surface area (Å²) in [5.41, 5.74) is 1.44. The van der Waals surface area contributed by atoms with E-state index < -0.39 is 21.1 Å². The molecule has 0 amide bonds. The van der Waals surface area contributed by atoms with Crippen molar-refractivity contribution < 1.29 is 18.3 Å². The largest absolute Gasteiger partial charge is 0.496 e. The number of allylic oxidation sites excluding steroid dienone is 1. The Kier molecular flexibility index (Phi) is 8.14. The molecule has 6 atom stereocenters. The zero-order chi connectivity index (χ0) is 24.5. The first-order valence-corrected chi connectivity index (χ1v) is 16.1. The van der Waals surface area contributed by atoms with E-state index in [2.05, 4.69) is 68.7 Å². The summed E-state index contributed by atoms with van der Waals surface area (Å²) >= 11 is 0. The monoisotopic (exact) mass is 495 g/mol. The van der Waals surface area contributed by atoms with Gasteiger partial charge in [0.15, 0.2) is 8.32 Å². The minimum atomic E-state index is -2.01. The number of halogens is 1. The lowest BCUT2D eigenvalue weighted by molar-refractivity contribution is -0.0727. The highest BCUT2D eigenvalue weighted by Gasteiger charge is 2.40. The molecule has 0 aromatic carbocycles. The predicted molar refractivity (Wildman–Crippen MR) is 137 cm³/mol. The van der Waals surface area contributed by atoms with Crippen LogP contribution >= 0.6 is 0 Å². The highest BCUT2D eigenvalue weighted by atomic mass is 28.4. The van der Waals surface area contributed by atoms with Crippen LogP contribution in [0.4, 0.5) is 4.39 Å². The smallest absolute Gasteiger partial charge is 0.192 e. The van der Waals surface area contributed by atoms with Crippen molar-refractivity contribution in [2.24, 2.45) is 5.92 Å². The molecule has 0 spiro atoms. The number of piperidine rings is 1. The Hall–Kier alpha value is -0.933. The molecule has 2 fully saturated rings. The third-order valence-corrected chi connectivity index (χ3v) is 13.2. The molecule has 3 aliphatic heterocycles. The van der Waals surface area contributed by atoms with Crippen LogP contribution in [0.5, 0.6) is 0 Å². The zero-order valence-electron chi connectivity index (χ0n) is 22.0. The number of fused-ring (bicyclic) bond motifs is 2. The Morgan fingerprint density at radius 2 is 2.06 bits per heavy atom. The summed E-state index contributed by atoms with van der Waals surface area (Å²) in [5.74, 6) is 1.59. The molecule has 194 valence electrons. The topological polar surface area (TPSA) is 55.0 Å². The van der Waals surface area contributed by atoms with E-state index in [0.717, 1.165) is 44.6 Å². The van der Waals surface area contributed by atoms with Crippen molar-refractivity contribution in [2.75, 3.05) is 33.5 Å². The van der Waals surface area contributed by atoms with Gasteiger partial charge < -0.3 is 24.5 Å². The number of rotatable bonds is 7.